The number of nitro groups is 1. The normalized spacial score (nSPS) is 9.33. The molecule has 0 saturated carbocycles. The lowest BCUT2D eigenvalue weighted by Gasteiger charge is -2.06. The van der Waals surface area contributed by atoms with E-state index in [1.807, 2.05) is 0 Å². The van der Waals surface area contributed by atoms with Crippen LogP contribution in [0.3, 0.4) is 0 Å². The highest BCUT2D eigenvalue weighted by Gasteiger charge is 2.16. The van der Waals surface area contributed by atoms with Crippen LogP contribution in [-0.2, 0) is 4.79 Å². The predicted molar refractivity (Wildman–Crippen MR) is 65.4 cm³/mol. The van der Waals surface area contributed by atoms with Crippen molar-refractivity contribution >= 4 is 23.2 Å². The van der Waals surface area contributed by atoms with Gasteiger partial charge in [0, 0.05) is 17.2 Å². The van der Waals surface area contributed by atoms with Crippen molar-refractivity contribution in [2.75, 3.05) is 13.2 Å². The molecule has 0 saturated heterocycles. The van der Waals surface area contributed by atoms with E-state index >= 15 is 0 Å². The lowest BCUT2D eigenvalue weighted by Crippen LogP contribution is -2.29. The quantitative estimate of drug-likeness (QED) is 0.497. The highest BCUT2D eigenvalue weighted by molar-refractivity contribution is 6.30. The number of rotatable bonds is 5. The van der Waals surface area contributed by atoms with Gasteiger partial charge in [0.25, 0.3) is 5.91 Å². The molecule has 6 nitrogen and oxygen atoms in total. The molecular weight excluding hydrogens is 260 g/mol. The molecule has 0 spiro atoms. The largest absolute Gasteiger partial charge is 0.477 e. The lowest BCUT2D eigenvalue weighted by molar-refractivity contribution is -0.385. The van der Waals surface area contributed by atoms with Gasteiger partial charge in [0.05, 0.1) is 11.5 Å². The van der Waals surface area contributed by atoms with E-state index < -0.39 is 10.8 Å². The number of nitrogens with zero attached hydrogens (tertiary/aromatic N) is 1. The molecule has 1 aromatic rings. The monoisotopic (exact) mass is 268 g/mol. The van der Waals surface area contributed by atoms with Gasteiger partial charge in [-0.05, 0) is 6.07 Å². The van der Waals surface area contributed by atoms with Crippen LogP contribution in [0.15, 0.2) is 18.2 Å². The average molecular weight is 269 g/mol. The zero-order valence-electron chi connectivity index (χ0n) is 9.18. The Morgan fingerprint density at radius 3 is 2.94 bits per heavy atom. The number of amides is 1. The maximum Gasteiger partial charge on any atom is 0.311 e. The van der Waals surface area contributed by atoms with E-state index in [0.29, 0.717) is 0 Å². The molecular formula is C11H9ClN2O4. The summed E-state index contributed by atoms with van der Waals surface area (Å²) in [7, 11) is 0. The third-order valence-corrected chi connectivity index (χ3v) is 2.10. The number of hydrogen-bond donors (Lipinski definition) is 1. The fraction of sp³-hybridized carbons (Fsp3) is 0.182. The maximum atomic E-state index is 11.2. The predicted octanol–water partition coefficient (Wildman–Crippen LogP) is 1.38. The van der Waals surface area contributed by atoms with E-state index in [-0.39, 0.29) is 29.6 Å². The fourth-order valence-corrected chi connectivity index (χ4v) is 1.26. The minimum Gasteiger partial charge on any atom is -0.477 e. The second kappa shape index (κ2) is 6.47. The third kappa shape index (κ3) is 3.96. The molecule has 0 aliphatic carbocycles. The molecule has 1 rings (SSSR count). The number of benzene rings is 1. The Labute approximate surface area is 108 Å². The average Bonchev–Trinajstić information content (AvgIpc) is 2.33. The van der Waals surface area contributed by atoms with E-state index in [0.717, 1.165) is 0 Å². The van der Waals surface area contributed by atoms with Crippen LogP contribution in [0.4, 0.5) is 5.69 Å². The van der Waals surface area contributed by atoms with Gasteiger partial charge < -0.3 is 10.1 Å². The van der Waals surface area contributed by atoms with E-state index in [1.165, 1.54) is 18.2 Å². The van der Waals surface area contributed by atoms with E-state index in [4.69, 9.17) is 22.8 Å². The number of carbonyl (C=O) groups excluding carboxylic acids is 1. The van der Waals surface area contributed by atoms with Gasteiger partial charge in [-0.2, -0.15) is 0 Å². The summed E-state index contributed by atoms with van der Waals surface area (Å²) >= 11 is 5.69. The number of terminal acetylenes is 1. The smallest absolute Gasteiger partial charge is 0.311 e. The van der Waals surface area contributed by atoms with Crippen molar-refractivity contribution in [1.82, 2.24) is 5.32 Å². The SMILES string of the molecule is C#CCNC(=O)COc1cc(Cl)ccc1[N+](=O)[O-]. The third-order valence-electron chi connectivity index (χ3n) is 1.86. The highest BCUT2D eigenvalue weighted by Crippen LogP contribution is 2.29. The Balaban J connectivity index is 2.72. The standard InChI is InChI=1S/C11H9ClN2O4/c1-2-5-13-11(15)7-18-10-6-8(12)3-4-9(10)14(16)17/h1,3-4,6H,5,7H2,(H,13,15). The summed E-state index contributed by atoms with van der Waals surface area (Å²) in [5, 5.41) is 13.3. The number of carbonyl (C=O) groups is 1. The molecule has 0 heterocycles. The fourth-order valence-electron chi connectivity index (χ4n) is 1.10. The van der Waals surface area contributed by atoms with Crippen molar-refractivity contribution in [3.05, 3.63) is 33.3 Å². The number of nitrogens with one attached hydrogen (secondary N) is 1. The second-order valence-electron chi connectivity index (χ2n) is 3.14. The van der Waals surface area contributed by atoms with Crippen LogP contribution in [0.2, 0.25) is 5.02 Å². The molecule has 1 aromatic carbocycles. The van der Waals surface area contributed by atoms with Crippen molar-refractivity contribution in [2.45, 2.75) is 0 Å². The first-order valence-electron chi connectivity index (χ1n) is 4.81. The zero-order chi connectivity index (χ0) is 13.5. The minimum atomic E-state index is -0.620. The maximum absolute atomic E-state index is 11.2. The lowest BCUT2D eigenvalue weighted by atomic mass is 10.3. The van der Waals surface area contributed by atoms with Gasteiger partial charge in [-0.15, -0.1) is 6.42 Å². The first-order chi connectivity index (χ1) is 8.54. The van der Waals surface area contributed by atoms with Crippen molar-refractivity contribution < 1.29 is 14.5 Å². The topological polar surface area (TPSA) is 81.5 Å². The highest BCUT2D eigenvalue weighted by atomic mass is 35.5. The molecule has 1 amide bonds. The number of nitro benzene ring substituents is 1. The molecule has 0 aliphatic rings. The van der Waals surface area contributed by atoms with Gasteiger partial charge in [0.1, 0.15) is 0 Å². The molecule has 0 unspecified atom stereocenters. The van der Waals surface area contributed by atoms with Crippen molar-refractivity contribution in [1.29, 1.82) is 0 Å². The van der Waals surface area contributed by atoms with Crippen LogP contribution in [0, 0.1) is 22.5 Å². The molecule has 0 atom stereocenters. The van der Waals surface area contributed by atoms with Crippen LogP contribution in [0.1, 0.15) is 0 Å². The minimum absolute atomic E-state index is 0.0663. The van der Waals surface area contributed by atoms with Crippen molar-refractivity contribution in [3.63, 3.8) is 0 Å². The molecule has 1 N–H and O–H groups in total. The summed E-state index contributed by atoms with van der Waals surface area (Å²) < 4.78 is 5.03. The summed E-state index contributed by atoms with van der Waals surface area (Å²) in [5.41, 5.74) is -0.260. The van der Waals surface area contributed by atoms with Crippen LogP contribution >= 0.6 is 11.6 Å². The number of ether oxygens (including phenoxy) is 1. The molecule has 94 valence electrons. The zero-order valence-corrected chi connectivity index (χ0v) is 9.94. The van der Waals surface area contributed by atoms with E-state index in [9.17, 15) is 14.9 Å². The van der Waals surface area contributed by atoms with Gasteiger partial charge in [-0.1, -0.05) is 17.5 Å². The first-order valence-corrected chi connectivity index (χ1v) is 5.19. The first kappa shape index (κ1) is 13.8. The molecule has 18 heavy (non-hydrogen) atoms. The summed E-state index contributed by atoms with van der Waals surface area (Å²) in [4.78, 5) is 21.3. The van der Waals surface area contributed by atoms with E-state index in [2.05, 4.69) is 11.2 Å². The van der Waals surface area contributed by atoms with Gasteiger partial charge in [-0.3, -0.25) is 14.9 Å². The molecule has 0 fully saturated rings. The summed E-state index contributed by atoms with van der Waals surface area (Å²) in [6.45, 7) is -0.303. The van der Waals surface area contributed by atoms with Crippen molar-refractivity contribution in [3.8, 4) is 18.1 Å². The Bertz CT molecular complexity index is 510. The molecule has 0 aliphatic heterocycles. The molecule has 0 bridgehead atoms. The van der Waals surface area contributed by atoms with Gasteiger partial charge in [-0.25, -0.2) is 0 Å². The number of halogens is 1. The van der Waals surface area contributed by atoms with Crippen LogP contribution in [0.25, 0.3) is 0 Å². The molecule has 0 radical (unpaired) electrons. The second-order valence-corrected chi connectivity index (χ2v) is 3.58. The molecule has 0 aromatic heterocycles. The Morgan fingerprint density at radius 2 is 2.33 bits per heavy atom. The Hall–Kier alpha value is -2.26. The molecule has 7 heteroatoms. The van der Waals surface area contributed by atoms with Crippen LogP contribution < -0.4 is 10.1 Å². The Morgan fingerprint density at radius 1 is 1.61 bits per heavy atom. The van der Waals surface area contributed by atoms with Gasteiger partial charge >= 0.3 is 5.69 Å². The van der Waals surface area contributed by atoms with Gasteiger partial charge in [0.15, 0.2) is 12.4 Å². The summed E-state index contributed by atoms with van der Waals surface area (Å²) in [5.74, 6) is 1.68. The summed E-state index contributed by atoms with van der Waals surface area (Å²) in [6, 6.07) is 3.84. The van der Waals surface area contributed by atoms with E-state index in [1.54, 1.807) is 0 Å². The van der Waals surface area contributed by atoms with Crippen LogP contribution in [-0.4, -0.2) is 24.0 Å². The van der Waals surface area contributed by atoms with Gasteiger partial charge in [0.2, 0.25) is 0 Å². The number of hydrogen-bond acceptors (Lipinski definition) is 4. The van der Waals surface area contributed by atoms with Crippen LogP contribution in [0.5, 0.6) is 5.75 Å². The van der Waals surface area contributed by atoms with Crippen molar-refractivity contribution in [2.24, 2.45) is 0 Å². The summed E-state index contributed by atoms with van der Waals surface area (Å²) in [6.07, 6.45) is 4.96. The Kier molecular flexibility index (Phi) is 4.96.